The summed E-state index contributed by atoms with van der Waals surface area (Å²) in [5.41, 5.74) is 2.23. The predicted molar refractivity (Wildman–Crippen MR) is 121 cm³/mol. The van der Waals surface area contributed by atoms with Gasteiger partial charge in [0, 0.05) is 5.57 Å². The summed E-state index contributed by atoms with van der Waals surface area (Å²) in [5.74, 6) is -0.930. The average molecular weight is 419 g/mol. The van der Waals surface area contributed by atoms with E-state index >= 15 is 0 Å². The number of rotatable bonds is 6. The SMILES string of the molecule is C=C1CCC(O)C(O)(O)/C1=C/C=C1\CCC[C@]2(C)C(CCCCC(C)(C)O)CCC12. The Morgan fingerprint density at radius 2 is 1.83 bits per heavy atom. The highest BCUT2D eigenvalue weighted by Crippen LogP contribution is 2.58. The molecule has 3 saturated carbocycles. The standard InChI is InChI=1S/C26H42O4/c1-18-10-15-23(27)26(29,30)21(18)13-11-19-8-7-17-25(4)20(12-14-22(19)25)9-5-6-16-24(2,3)28/h11,13,20,22-23,27-30H,1,5-10,12,14-17H2,2-4H3/b19-11+,21-13+/t20?,22?,23?,25-/m1/s1. The molecule has 3 rings (SSSR count). The van der Waals surface area contributed by atoms with Crippen LogP contribution in [0.25, 0.3) is 0 Å². The molecule has 0 aliphatic heterocycles. The maximum absolute atomic E-state index is 10.4. The largest absolute Gasteiger partial charge is 0.390 e. The van der Waals surface area contributed by atoms with Crippen LogP contribution in [0.3, 0.4) is 0 Å². The molecule has 4 atom stereocenters. The van der Waals surface area contributed by atoms with Gasteiger partial charge in [-0.25, -0.2) is 0 Å². The van der Waals surface area contributed by atoms with E-state index in [1.165, 1.54) is 44.1 Å². The van der Waals surface area contributed by atoms with Gasteiger partial charge in [0.1, 0.15) is 6.10 Å². The highest BCUT2D eigenvalue weighted by Gasteiger charge is 2.48. The molecule has 4 heteroatoms. The van der Waals surface area contributed by atoms with Gasteiger partial charge in [-0.2, -0.15) is 0 Å². The highest BCUT2D eigenvalue weighted by molar-refractivity contribution is 5.41. The maximum atomic E-state index is 10.4. The second kappa shape index (κ2) is 8.90. The van der Waals surface area contributed by atoms with Crippen molar-refractivity contribution in [1.82, 2.24) is 0 Å². The van der Waals surface area contributed by atoms with E-state index < -0.39 is 17.5 Å². The molecule has 3 fully saturated rings. The molecule has 3 unspecified atom stereocenters. The number of aliphatic hydroxyl groups excluding tert-OH is 1. The fourth-order valence-electron chi connectivity index (χ4n) is 6.29. The van der Waals surface area contributed by atoms with E-state index in [4.69, 9.17) is 0 Å². The zero-order chi connectivity index (χ0) is 22.2. The molecule has 170 valence electrons. The van der Waals surface area contributed by atoms with E-state index in [0.29, 0.717) is 35.3 Å². The van der Waals surface area contributed by atoms with Gasteiger partial charge in [-0.3, -0.25) is 0 Å². The monoisotopic (exact) mass is 418 g/mol. The Bertz CT molecular complexity index is 696. The van der Waals surface area contributed by atoms with Crippen molar-refractivity contribution < 1.29 is 20.4 Å². The second-order valence-electron chi connectivity index (χ2n) is 11.0. The maximum Gasteiger partial charge on any atom is 0.217 e. The van der Waals surface area contributed by atoms with Crippen molar-refractivity contribution in [2.45, 2.75) is 109 Å². The molecule has 3 aliphatic rings. The minimum Gasteiger partial charge on any atom is -0.390 e. The van der Waals surface area contributed by atoms with Crippen LogP contribution in [0.4, 0.5) is 0 Å². The third-order valence-corrected chi connectivity index (χ3v) is 8.18. The number of hydrogen-bond acceptors (Lipinski definition) is 4. The van der Waals surface area contributed by atoms with Crippen molar-refractivity contribution in [3.8, 4) is 0 Å². The second-order valence-corrected chi connectivity index (χ2v) is 11.0. The Labute approximate surface area is 182 Å². The summed E-state index contributed by atoms with van der Waals surface area (Å²) in [6.07, 6.45) is 14.0. The molecule has 0 aromatic rings. The van der Waals surface area contributed by atoms with Crippen LogP contribution < -0.4 is 0 Å². The van der Waals surface area contributed by atoms with Gasteiger partial charge < -0.3 is 20.4 Å². The summed E-state index contributed by atoms with van der Waals surface area (Å²) < 4.78 is 0. The van der Waals surface area contributed by atoms with Crippen molar-refractivity contribution in [1.29, 1.82) is 0 Å². The molecule has 4 N–H and O–H groups in total. The van der Waals surface area contributed by atoms with Gasteiger partial charge >= 0.3 is 0 Å². The Kier molecular flexibility index (Phi) is 7.03. The lowest BCUT2D eigenvalue weighted by Gasteiger charge is -2.42. The molecule has 0 saturated heterocycles. The number of fused-ring (bicyclic) bond motifs is 1. The predicted octanol–water partition coefficient (Wildman–Crippen LogP) is 4.78. The van der Waals surface area contributed by atoms with E-state index in [1.54, 1.807) is 0 Å². The van der Waals surface area contributed by atoms with Gasteiger partial charge in [-0.05, 0) is 94.5 Å². The fourth-order valence-corrected chi connectivity index (χ4v) is 6.29. The van der Waals surface area contributed by atoms with Gasteiger partial charge in [-0.15, -0.1) is 0 Å². The van der Waals surface area contributed by atoms with Crippen LogP contribution in [-0.2, 0) is 0 Å². The molecule has 0 aromatic heterocycles. The zero-order valence-corrected chi connectivity index (χ0v) is 19.2. The number of unbranched alkanes of at least 4 members (excludes halogenated alkanes) is 1. The van der Waals surface area contributed by atoms with Crippen LogP contribution in [0.1, 0.15) is 91.4 Å². The molecular formula is C26H42O4. The lowest BCUT2D eigenvalue weighted by atomic mass is 9.62. The van der Waals surface area contributed by atoms with Gasteiger partial charge in [0.15, 0.2) is 0 Å². The Morgan fingerprint density at radius 3 is 2.53 bits per heavy atom. The van der Waals surface area contributed by atoms with Gasteiger partial charge in [0.2, 0.25) is 5.79 Å². The molecule has 0 aromatic carbocycles. The molecule has 30 heavy (non-hydrogen) atoms. The van der Waals surface area contributed by atoms with Crippen molar-refractivity contribution in [2.24, 2.45) is 17.3 Å². The summed E-state index contributed by atoms with van der Waals surface area (Å²) in [5, 5.41) is 40.8. The lowest BCUT2D eigenvalue weighted by Crippen LogP contribution is -2.47. The Balaban J connectivity index is 1.71. The summed E-state index contributed by atoms with van der Waals surface area (Å²) in [6, 6.07) is 0. The molecule has 4 nitrogen and oxygen atoms in total. The molecule has 0 amide bonds. The van der Waals surface area contributed by atoms with Crippen molar-refractivity contribution in [3.05, 3.63) is 35.5 Å². The quantitative estimate of drug-likeness (QED) is 0.370. The van der Waals surface area contributed by atoms with E-state index in [9.17, 15) is 20.4 Å². The number of hydrogen-bond donors (Lipinski definition) is 4. The Morgan fingerprint density at radius 1 is 1.10 bits per heavy atom. The first-order valence-corrected chi connectivity index (χ1v) is 11.9. The van der Waals surface area contributed by atoms with Crippen molar-refractivity contribution >= 4 is 0 Å². The van der Waals surface area contributed by atoms with E-state index in [0.717, 1.165) is 25.2 Å². The smallest absolute Gasteiger partial charge is 0.217 e. The third-order valence-electron chi connectivity index (χ3n) is 8.18. The van der Waals surface area contributed by atoms with Crippen LogP contribution >= 0.6 is 0 Å². The minimum absolute atomic E-state index is 0.315. The van der Waals surface area contributed by atoms with E-state index in [-0.39, 0.29) is 0 Å². The molecular weight excluding hydrogens is 376 g/mol. The number of aliphatic hydroxyl groups is 4. The van der Waals surface area contributed by atoms with Crippen molar-refractivity contribution in [3.63, 3.8) is 0 Å². The zero-order valence-electron chi connectivity index (χ0n) is 19.2. The Hall–Kier alpha value is -0.940. The first-order chi connectivity index (χ1) is 13.9. The normalized spacial score (nSPS) is 37.0. The van der Waals surface area contributed by atoms with Crippen molar-refractivity contribution in [2.75, 3.05) is 0 Å². The van der Waals surface area contributed by atoms with Crippen LogP contribution in [0.2, 0.25) is 0 Å². The average Bonchev–Trinajstić information content (AvgIpc) is 2.98. The van der Waals surface area contributed by atoms with E-state index in [2.05, 4.69) is 19.6 Å². The minimum atomic E-state index is -2.21. The van der Waals surface area contributed by atoms with Crippen LogP contribution in [0, 0.1) is 17.3 Å². The van der Waals surface area contributed by atoms with Crippen LogP contribution in [0.5, 0.6) is 0 Å². The summed E-state index contributed by atoms with van der Waals surface area (Å²) >= 11 is 0. The van der Waals surface area contributed by atoms with Crippen LogP contribution in [0.15, 0.2) is 35.5 Å². The molecule has 3 aliphatic carbocycles. The van der Waals surface area contributed by atoms with Gasteiger partial charge in [0.05, 0.1) is 5.60 Å². The fraction of sp³-hybridized carbons (Fsp3) is 0.769. The van der Waals surface area contributed by atoms with Gasteiger partial charge in [0.25, 0.3) is 0 Å². The first-order valence-electron chi connectivity index (χ1n) is 11.9. The summed E-state index contributed by atoms with van der Waals surface area (Å²) in [7, 11) is 0. The molecule has 0 bridgehead atoms. The number of allylic oxidation sites excluding steroid dienone is 3. The topological polar surface area (TPSA) is 80.9 Å². The molecule has 0 spiro atoms. The lowest BCUT2D eigenvalue weighted by molar-refractivity contribution is -0.201. The summed E-state index contributed by atoms with van der Waals surface area (Å²) in [4.78, 5) is 0. The molecule has 0 radical (unpaired) electrons. The van der Waals surface area contributed by atoms with E-state index in [1.807, 2.05) is 19.9 Å². The molecule has 0 heterocycles. The van der Waals surface area contributed by atoms with Gasteiger partial charge in [-0.1, -0.05) is 44.1 Å². The third kappa shape index (κ3) is 4.93. The highest BCUT2D eigenvalue weighted by atomic mass is 16.5. The first kappa shape index (κ1) is 23.7. The van der Waals surface area contributed by atoms with Crippen LogP contribution in [-0.4, -0.2) is 37.9 Å². The summed E-state index contributed by atoms with van der Waals surface area (Å²) in [6.45, 7) is 10.2.